The summed E-state index contributed by atoms with van der Waals surface area (Å²) in [5.74, 6) is 0. The quantitative estimate of drug-likeness (QED) is 0.905. The van der Waals surface area contributed by atoms with Crippen LogP contribution in [-0.4, -0.2) is 31.1 Å². The van der Waals surface area contributed by atoms with Crippen LogP contribution in [0.15, 0.2) is 42.5 Å². The van der Waals surface area contributed by atoms with E-state index in [4.69, 9.17) is 0 Å². The van der Waals surface area contributed by atoms with Crippen LogP contribution < -0.4 is 5.32 Å². The molecule has 0 aromatic heterocycles. The Kier molecular flexibility index (Phi) is 5.70. The lowest BCUT2D eigenvalue weighted by molar-refractivity contribution is 0.241. The summed E-state index contributed by atoms with van der Waals surface area (Å²) in [6.45, 7) is 11.1. The lowest BCUT2D eigenvalue weighted by Crippen LogP contribution is -2.33. The highest BCUT2D eigenvalue weighted by Crippen LogP contribution is 2.30. The number of aryl methyl sites for hydroxylation is 3. The fraction of sp³-hybridized carbons (Fsp3) is 0.455. The second-order valence-corrected chi connectivity index (χ2v) is 7.06. The van der Waals surface area contributed by atoms with Crippen LogP contribution in [0.3, 0.4) is 0 Å². The van der Waals surface area contributed by atoms with Gasteiger partial charge in [-0.25, -0.2) is 0 Å². The van der Waals surface area contributed by atoms with E-state index >= 15 is 0 Å². The van der Waals surface area contributed by atoms with Gasteiger partial charge in [-0.15, -0.1) is 0 Å². The molecule has 0 bridgehead atoms. The van der Waals surface area contributed by atoms with Gasteiger partial charge in [0.05, 0.1) is 6.04 Å². The van der Waals surface area contributed by atoms with E-state index in [-0.39, 0.29) is 0 Å². The summed E-state index contributed by atoms with van der Waals surface area (Å²) in [4.78, 5) is 2.65. The van der Waals surface area contributed by atoms with Crippen molar-refractivity contribution in [3.05, 3.63) is 70.3 Å². The molecule has 1 fully saturated rings. The monoisotopic (exact) mass is 322 g/mol. The Morgan fingerprint density at radius 3 is 2.29 bits per heavy atom. The lowest BCUT2D eigenvalue weighted by atomic mass is 9.93. The fourth-order valence-electron chi connectivity index (χ4n) is 3.84. The Morgan fingerprint density at radius 1 is 0.917 bits per heavy atom. The Labute approximate surface area is 146 Å². The van der Waals surface area contributed by atoms with Gasteiger partial charge >= 0.3 is 0 Å². The van der Waals surface area contributed by atoms with Crippen molar-refractivity contribution in [3.63, 3.8) is 0 Å². The average molecular weight is 322 g/mol. The molecule has 0 saturated carbocycles. The SMILES string of the molecule is CCc1ccc(C(c2cc(C)cc(C)c2)N2CCCNCC2)cc1. The van der Waals surface area contributed by atoms with Crippen molar-refractivity contribution >= 4 is 0 Å². The van der Waals surface area contributed by atoms with Gasteiger partial charge < -0.3 is 5.32 Å². The minimum absolute atomic E-state index is 0.356. The summed E-state index contributed by atoms with van der Waals surface area (Å²) >= 11 is 0. The van der Waals surface area contributed by atoms with Crippen LogP contribution in [0.1, 0.15) is 47.2 Å². The predicted molar refractivity (Wildman–Crippen MR) is 103 cm³/mol. The van der Waals surface area contributed by atoms with Gasteiger partial charge in [-0.1, -0.05) is 60.5 Å². The maximum atomic E-state index is 3.53. The Balaban J connectivity index is 2.01. The zero-order valence-corrected chi connectivity index (χ0v) is 15.3. The van der Waals surface area contributed by atoms with Crippen LogP contribution in [0.25, 0.3) is 0 Å². The fourth-order valence-corrected chi connectivity index (χ4v) is 3.84. The number of nitrogens with zero attached hydrogens (tertiary/aromatic N) is 1. The predicted octanol–water partition coefficient (Wildman–Crippen LogP) is 4.25. The summed E-state index contributed by atoms with van der Waals surface area (Å²) in [5, 5.41) is 3.53. The van der Waals surface area contributed by atoms with E-state index < -0.39 is 0 Å². The largest absolute Gasteiger partial charge is 0.315 e. The molecule has 1 unspecified atom stereocenters. The molecular formula is C22H30N2. The summed E-state index contributed by atoms with van der Waals surface area (Å²) in [5.41, 5.74) is 6.97. The van der Waals surface area contributed by atoms with E-state index in [1.165, 1.54) is 34.2 Å². The van der Waals surface area contributed by atoms with Crippen LogP contribution in [0, 0.1) is 13.8 Å². The van der Waals surface area contributed by atoms with Crippen LogP contribution in [0.2, 0.25) is 0 Å². The maximum absolute atomic E-state index is 3.53. The van der Waals surface area contributed by atoms with Crippen LogP contribution >= 0.6 is 0 Å². The molecule has 0 radical (unpaired) electrons. The second-order valence-electron chi connectivity index (χ2n) is 7.06. The van der Waals surface area contributed by atoms with Crippen LogP contribution in [0.4, 0.5) is 0 Å². The minimum Gasteiger partial charge on any atom is -0.315 e. The third kappa shape index (κ3) is 4.06. The van der Waals surface area contributed by atoms with E-state index in [1.807, 2.05) is 0 Å². The zero-order valence-electron chi connectivity index (χ0n) is 15.3. The molecule has 2 nitrogen and oxygen atoms in total. The van der Waals surface area contributed by atoms with Gasteiger partial charge in [0.25, 0.3) is 0 Å². The van der Waals surface area contributed by atoms with Gasteiger partial charge in [-0.05, 0) is 49.9 Å². The van der Waals surface area contributed by atoms with E-state index in [0.29, 0.717) is 6.04 Å². The smallest absolute Gasteiger partial charge is 0.0602 e. The molecule has 2 aromatic carbocycles. The van der Waals surface area contributed by atoms with Gasteiger partial charge in [0.2, 0.25) is 0 Å². The first-order valence-electron chi connectivity index (χ1n) is 9.29. The highest BCUT2D eigenvalue weighted by molar-refractivity contribution is 5.38. The molecule has 1 atom stereocenters. The van der Waals surface area contributed by atoms with Crippen LogP contribution in [0.5, 0.6) is 0 Å². The molecule has 3 rings (SSSR count). The third-order valence-electron chi connectivity index (χ3n) is 5.00. The topological polar surface area (TPSA) is 15.3 Å². The van der Waals surface area contributed by atoms with Crippen molar-refractivity contribution in [2.24, 2.45) is 0 Å². The van der Waals surface area contributed by atoms with E-state index in [0.717, 1.165) is 32.6 Å². The molecule has 0 spiro atoms. The molecule has 1 aliphatic rings. The summed E-state index contributed by atoms with van der Waals surface area (Å²) < 4.78 is 0. The molecule has 2 heteroatoms. The minimum atomic E-state index is 0.356. The number of nitrogens with one attached hydrogen (secondary N) is 1. The first-order chi connectivity index (χ1) is 11.7. The molecule has 1 aliphatic heterocycles. The molecule has 1 N–H and O–H groups in total. The molecule has 1 heterocycles. The molecule has 2 aromatic rings. The van der Waals surface area contributed by atoms with Crippen molar-refractivity contribution in [2.45, 2.75) is 39.7 Å². The number of rotatable bonds is 4. The number of hydrogen-bond acceptors (Lipinski definition) is 2. The second kappa shape index (κ2) is 7.96. The first kappa shape index (κ1) is 17.2. The van der Waals surface area contributed by atoms with Crippen LogP contribution in [-0.2, 0) is 6.42 Å². The third-order valence-corrected chi connectivity index (χ3v) is 5.00. The molecule has 128 valence electrons. The molecule has 24 heavy (non-hydrogen) atoms. The lowest BCUT2D eigenvalue weighted by Gasteiger charge is -2.32. The molecule has 0 aliphatic carbocycles. The summed E-state index contributed by atoms with van der Waals surface area (Å²) in [6.07, 6.45) is 2.32. The molecule has 1 saturated heterocycles. The Hall–Kier alpha value is -1.64. The van der Waals surface area contributed by atoms with Crippen molar-refractivity contribution < 1.29 is 0 Å². The highest BCUT2D eigenvalue weighted by atomic mass is 15.2. The molecule has 0 amide bonds. The number of hydrogen-bond donors (Lipinski definition) is 1. The van der Waals surface area contributed by atoms with Gasteiger partial charge in [-0.3, -0.25) is 4.90 Å². The normalized spacial score (nSPS) is 17.5. The van der Waals surface area contributed by atoms with Crippen molar-refractivity contribution in [2.75, 3.05) is 26.2 Å². The van der Waals surface area contributed by atoms with Gasteiger partial charge in [0.15, 0.2) is 0 Å². The number of benzene rings is 2. The molecular weight excluding hydrogens is 292 g/mol. The summed E-state index contributed by atoms with van der Waals surface area (Å²) in [7, 11) is 0. The van der Waals surface area contributed by atoms with Crippen molar-refractivity contribution in [1.82, 2.24) is 10.2 Å². The van der Waals surface area contributed by atoms with Crippen molar-refractivity contribution in [1.29, 1.82) is 0 Å². The van der Waals surface area contributed by atoms with Gasteiger partial charge in [0, 0.05) is 19.6 Å². The maximum Gasteiger partial charge on any atom is 0.0602 e. The average Bonchev–Trinajstić information content (AvgIpc) is 2.84. The van der Waals surface area contributed by atoms with E-state index in [2.05, 4.69) is 73.5 Å². The van der Waals surface area contributed by atoms with E-state index in [9.17, 15) is 0 Å². The van der Waals surface area contributed by atoms with Gasteiger partial charge in [0.1, 0.15) is 0 Å². The van der Waals surface area contributed by atoms with E-state index in [1.54, 1.807) is 0 Å². The highest BCUT2D eigenvalue weighted by Gasteiger charge is 2.23. The van der Waals surface area contributed by atoms with Gasteiger partial charge in [-0.2, -0.15) is 0 Å². The first-order valence-corrected chi connectivity index (χ1v) is 9.29. The standard InChI is InChI=1S/C22H30N2/c1-4-19-6-8-20(9-7-19)22(24-12-5-10-23-11-13-24)21-15-17(2)14-18(3)16-21/h6-9,14-16,22-23H,4-5,10-13H2,1-3H3. The van der Waals surface area contributed by atoms with Crippen molar-refractivity contribution in [3.8, 4) is 0 Å². The summed E-state index contributed by atoms with van der Waals surface area (Å²) in [6, 6.07) is 16.6. The Bertz CT molecular complexity index is 632. The Morgan fingerprint density at radius 2 is 1.62 bits per heavy atom. The zero-order chi connectivity index (χ0) is 16.9.